The van der Waals surface area contributed by atoms with Crippen LogP contribution in [-0.2, 0) is 20.4 Å². The van der Waals surface area contributed by atoms with Crippen molar-refractivity contribution in [2.45, 2.75) is 41.1 Å². The zero-order chi connectivity index (χ0) is 20.0. The van der Waals surface area contributed by atoms with Gasteiger partial charge < -0.3 is 9.47 Å². The zero-order valence-electron chi connectivity index (χ0n) is 16.2. The van der Waals surface area contributed by atoms with E-state index >= 15 is 0 Å². The first-order valence-corrected chi connectivity index (χ1v) is 10.1. The van der Waals surface area contributed by atoms with Crippen molar-refractivity contribution in [3.05, 3.63) is 73.3 Å². The molecule has 0 unspecified atom stereocenters. The third-order valence-corrected chi connectivity index (χ3v) is 5.75. The molecule has 6 heteroatoms. The Labute approximate surface area is 168 Å². The Kier molecular flexibility index (Phi) is 6.31. The van der Waals surface area contributed by atoms with Crippen molar-refractivity contribution in [3.63, 3.8) is 0 Å². The van der Waals surface area contributed by atoms with E-state index in [1.807, 2.05) is 69.6 Å². The number of carbonyl (C=O) groups excluding carboxylic acids is 1. The molecule has 0 N–H and O–H groups in total. The van der Waals surface area contributed by atoms with Gasteiger partial charge in [0.1, 0.15) is 22.2 Å². The molecule has 28 heavy (non-hydrogen) atoms. The van der Waals surface area contributed by atoms with Gasteiger partial charge in [-0.2, -0.15) is 0 Å². The number of hydrogen-bond donors (Lipinski definition) is 0. The van der Waals surface area contributed by atoms with Crippen LogP contribution in [0, 0.1) is 0 Å². The lowest BCUT2D eigenvalue weighted by atomic mass is 10.2. The summed E-state index contributed by atoms with van der Waals surface area (Å²) in [6.07, 6.45) is 7.29. The Bertz CT molecular complexity index is 855. The van der Waals surface area contributed by atoms with Crippen molar-refractivity contribution in [2.24, 2.45) is 0 Å². The van der Waals surface area contributed by atoms with Gasteiger partial charge in [-0.15, -0.1) is 0 Å². The van der Waals surface area contributed by atoms with Crippen LogP contribution < -0.4 is 4.74 Å². The number of rotatable bonds is 6. The second-order valence-electron chi connectivity index (χ2n) is 7.03. The molecule has 0 amide bonds. The summed E-state index contributed by atoms with van der Waals surface area (Å²) in [7, 11) is -0.321. The minimum atomic E-state index is -0.522. The van der Waals surface area contributed by atoms with Gasteiger partial charge in [-0.25, -0.2) is 4.79 Å². The number of aromatic nitrogens is 2. The molecule has 0 atom stereocenters. The van der Waals surface area contributed by atoms with Crippen molar-refractivity contribution < 1.29 is 14.3 Å². The van der Waals surface area contributed by atoms with Gasteiger partial charge in [-0.05, 0) is 69.3 Å². The van der Waals surface area contributed by atoms with E-state index in [4.69, 9.17) is 9.47 Å². The highest BCUT2D eigenvalue weighted by atomic mass is 32.2. The quantitative estimate of drug-likeness (QED) is 0.460. The Morgan fingerprint density at radius 3 is 1.93 bits per heavy atom. The van der Waals surface area contributed by atoms with Crippen LogP contribution in [0.4, 0.5) is 0 Å². The molecule has 0 aliphatic carbocycles. The molecule has 1 aromatic carbocycles. The average Bonchev–Trinajstić information content (AvgIpc) is 2.68. The second kappa shape index (κ2) is 8.89. The van der Waals surface area contributed by atoms with E-state index in [1.165, 1.54) is 0 Å². The summed E-state index contributed by atoms with van der Waals surface area (Å²) in [6, 6.07) is 15.8. The first-order valence-electron chi connectivity index (χ1n) is 8.91. The Hall–Kier alpha value is -2.86. The topological polar surface area (TPSA) is 61.3 Å². The van der Waals surface area contributed by atoms with E-state index in [0.717, 1.165) is 14.7 Å². The standard InChI is InChI=1S/C22H23N2O3S/c1-22(2,3)27-21(25)16-26-17-8-10-18(11-9-17)28(19-6-4-12-23-14-19)20-7-5-13-24-15-20/h4-15H,16H2,1-3H3/q+1. The molecule has 0 fully saturated rings. The van der Waals surface area contributed by atoms with Crippen LogP contribution in [0.15, 0.2) is 88.0 Å². The van der Waals surface area contributed by atoms with E-state index in [9.17, 15) is 4.79 Å². The van der Waals surface area contributed by atoms with Crippen LogP contribution >= 0.6 is 0 Å². The monoisotopic (exact) mass is 395 g/mol. The lowest BCUT2D eigenvalue weighted by molar-refractivity contribution is -0.157. The molecule has 0 saturated heterocycles. The fraction of sp³-hybridized carbons (Fsp3) is 0.227. The van der Waals surface area contributed by atoms with Crippen molar-refractivity contribution in [1.82, 2.24) is 9.97 Å². The van der Waals surface area contributed by atoms with Crippen molar-refractivity contribution in [2.75, 3.05) is 6.61 Å². The first-order chi connectivity index (χ1) is 13.4. The summed E-state index contributed by atoms with van der Waals surface area (Å²) >= 11 is 0. The molecule has 3 rings (SSSR count). The van der Waals surface area contributed by atoms with E-state index in [1.54, 1.807) is 12.4 Å². The summed E-state index contributed by atoms with van der Waals surface area (Å²) in [6.45, 7) is 5.38. The normalized spacial score (nSPS) is 11.3. The van der Waals surface area contributed by atoms with Gasteiger partial charge in [0.05, 0.1) is 12.4 Å². The third kappa shape index (κ3) is 5.57. The fourth-order valence-electron chi connectivity index (χ4n) is 2.53. The molecule has 2 heterocycles. The highest BCUT2D eigenvalue weighted by molar-refractivity contribution is 7.97. The third-order valence-electron chi connectivity index (χ3n) is 3.58. The maximum atomic E-state index is 11.8. The molecule has 0 aliphatic heterocycles. The molecule has 0 spiro atoms. The SMILES string of the molecule is CC(C)(C)OC(=O)COc1ccc([S+](c2cccnc2)c2cccnc2)cc1. The van der Waals surface area contributed by atoms with Gasteiger partial charge >= 0.3 is 5.97 Å². The van der Waals surface area contributed by atoms with Gasteiger partial charge in [-0.3, -0.25) is 9.97 Å². The molecule has 0 aliphatic rings. The number of pyridine rings is 2. The lowest BCUT2D eigenvalue weighted by Gasteiger charge is -2.19. The van der Waals surface area contributed by atoms with E-state index in [-0.39, 0.29) is 23.5 Å². The maximum Gasteiger partial charge on any atom is 0.344 e. The number of ether oxygens (including phenoxy) is 2. The van der Waals surface area contributed by atoms with E-state index in [2.05, 4.69) is 22.1 Å². The summed E-state index contributed by atoms with van der Waals surface area (Å²) in [5, 5.41) is 0. The number of nitrogens with zero attached hydrogens (tertiary/aromatic N) is 2. The highest BCUT2D eigenvalue weighted by Crippen LogP contribution is 2.31. The van der Waals surface area contributed by atoms with Crippen LogP contribution in [0.1, 0.15) is 20.8 Å². The van der Waals surface area contributed by atoms with Crippen LogP contribution in [-0.4, -0.2) is 28.1 Å². The smallest absolute Gasteiger partial charge is 0.344 e. The number of esters is 1. The van der Waals surface area contributed by atoms with Crippen LogP contribution in [0.3, 0.4) is 0 Å². The van der Waals surface area contributed by atoms with Gasteiger partial charge in [0.25, 0.3) is 0 Å². The molecule has 2 aromatic heterocycles. The largest absolute Gasteiger partial charge is 0.482 e. The van der Waals surface area contributed by atoms with Gasteiger partial charge in [0, 0.05) is 12.4 Å². The highest BCUT2D eigenvalue weighted by Gasteiger charge is 2.29. The van der Waals surface area contributed by atoms with Gasteiger partial charge in [0.15, 0.2) is 21.3 Å². The average molecular weight is 396 g/mol. The van der Waals surface area contributed by atoms with Crippen molar-refractivity contribution in [3.8, 4) is 5.75 Å². The van der Waals surface area contributed by atoms with E-state index < -0.39 is 5.60 Å². The summed E-state index contributed by atoms with van der Waals surface area (Å²) < 4.78 is 10.8. The predicted octanol–water partition coefficient (Wildman–Crippen LogP) is 4.29. The Morgan fingerprint density at radius 2 is 1.46 bits per heavy atom. The summed E-state index contributed by atoms with van der Waals surface area (Å²) in [5.41, 5.74) is -0.522. The fourth-order valence-corrected chi connectivity index (χ4v) is 4.52. The number of hydrogen-bond acceptors (Lipinski definition) is 5. The van der Waals surface area contributed by atoms with Gasteiger partial charge in [-0.1, -0.05) is 0 Å². The van der Waals surface area contributed by atoms with Crippen LogP contribution in [0.2, 0.25) is 0 Å². The molecule has 3 aromatic rings. The Morgan fingerprint density at radius 1 is 0.893 bits per heavy atom. The minimum absolute atomic E-state index is 0.118. The number of carbonyl (C=O) groups is 1. The molecule has 144 valence electrons. The molecule has 5 nitrogen and oxygen atoms in total. The van der Waals surface area contributed by atoms with Gasteiger partial charge in [0.2, 0.25) is 0 Å². The maximum absolute atomic E-state index is 11.8. The second-order valence-corrected chi connectivity index (χ2v) is 9.06. The van der Waals surface area contributed by atoms with Crippen molar-refractivity contribution in [1.29, 1.82) is 0 Å². The molecule has 0 radical (unpaired) electrons. The molecular weight excluding hydrogens is 372 g/mol. The first kappa shape index (κ1) is 19.9. The zero-order valence-corrected chi connectivity index (χ0v) is 17.0. The summed E-state index contributed by atoms with van der Waals surface area (Å²) in [4.78, 5) is 23.7. The number of benzene rings is 1. The summed E-state index contributed by atoms with van der Waals surface area (Å²) in [5.74, 6) is 0.234. The molecule has 0 bridgehead atoms. The minimum Gasteiger partial charge on any atom is -0.482 e. The molecular formula is C22H23N2O3S+. The van der Waals surface area contributed by atoms with E-state index in [0.29, 0.717) is 5.75 Å². The lowest BCUT2D eigenvalue weighted by Crippen LogP contribution is -2.27. The van der Waals surface area contributed by atoms with Crippen LogP contribution in [0.25, 0.3) is 0 Å². The molecule has 0 saturated carbocycles. The predicted molar refractivity (Wildman–Crippen MR) is 108 cm³/mol. The van der Waals surface area contributed by atoms with Crippen molar-refractivity contribution >= 4 is 16.9 Å². The Balaban J connectivity index is 1.77. The van der Waals surface area contributed by atoms with Crippen LogP contribution in [0.5, 0.6) is 5.75 Å².